The van der Waals surface area contributed by atoms with Crippen molar-refractivity contribution in [1.29, 1.82) is 0 Å². The van der Waals surface area contributed by atoms with Gasteiger partial charge in [0.15, 0.2) is 0 Å². The lowest BCUT2D eigenvalue weighted by Gasteiger charge is -2.33. The molecule has 1 N–H and O–H groups in total. The quantitative estimate of drug-likeness (QED) is 0.814. The van der Waals surface area contributed by atoms with Gasteiger partial charge in [0.05, 0.1) is 0 Å². The van der Waals surface area contributed by atoms with Gasteiger partial charge in [0.25, 0.3) is 0 Å². The van der Waals surface area contributed by atoms with Crippen molar-refractivity contribution in [3.63, 3.8) is 0 Å². The minimum Gasteiger partial charge on any atom is -0.381 e. The Morgan fingerprint density at radius 2 is 1.81 bits per heavy atom. The molecule has 2 heterocycles. The van der Waals surface area contributed by atoms with Gasteiger partial charge in [-0.1, -0.05) is 0 Å². The standard InChI is InChI=1S/C12H23NO2S/c1-10(11-2-6-15-7-3-11)13-12-4-8-16(14)9-5-12/h10-13H,2-9H2,1H3. The van der Waals surface area contributed by atoms with E-state index in [9.17, 15) is 4.21 Å². The topological polar surface area (TPSA) is 38.3 Å². The molecule has 1 atom stereocenters. The van der Waals surface area contributed by atoms with E-state index in [1.165, 1.54) is 12.8 Å². The third-order valence-corrected chi connectivity index (χ3v) is 5.24. The molecule has 0 saturated carbocycles. The minimum atomic E-state index is -0.540. The van der Waals surface area contributed by atoms with Gasteiger partial charge in [-0.25, -0.2) is 0 Å². The average Bonchev–Trinajstić information content (AvgIpc) is 2.33. The maximum Gasteiger partial charge on any atom is 0.0469 e. The molecule has 2 fully saturated rings. The molecule has 0 aromatic heterocycles. The molecule has 16 heavy (non-hydrogen) atoms. The molecule has 0 bridgehead atoms. The molecule has 4 heteroatoms. The molecule has 2 rings (SSSR count). The van der Waals surface area contributed by atoms with Crippen LogP contribution in [-0.2, 0) is 15.5 Å². The lowest BCUT2D eigenvalue weighted by Crippen LogP contribution is -2.45. The summed E-state index contributed by atoms with van der Waals surface area (Å²) in [6.45, 7) is 4.14. The van der Waals surface area contributed by atoms with Gasteiger partial charge in [0.1, 0.15) is 0 Å². The third kappa shape index (κ3) is 3.54. The Labute approximate surface area is 101 Å². The van der Waals surface area contributed by atoms with Crippen LogP contribution in [0.4, 0.5) is 0 Å². The van der Waals surface area contributed by atoms with Gasteiger partial charge in [-0.05, 0) is 38.5 Å². The number of ether oxygens (including phenoxy) is 1. The van der Waals surface area contributed by atoms with E-state index in [1.54, 1.807) is 0 Å². The molecule has 0 radical (unpaired) electrons. The van der Waals surface area contributed by atoms with Gasteiger partial charge in [-0.2, -0.15) is 0 Å². The van der Waals surface area contributed by atoms with E-state index in [1.807, 2.05) is 0 Å². The molecule has 0 amide bonds. The van der Waals surface area contributed by atoms with Crippen molar-refractivity contribution in [3.05, 3.63) is 0 Å². The number of hydrogen-bond acceptors (Lipinski definition) is 3. The molecule has 0 aromatic carbocycles. The molecule has 94 valence electrons. The zero-order chi connectivity index (χ0) is 11.4. The highest BCUT2D eigenvalue weighted by molar-refractivity contribution is 7.85. The molecule has 2 aliphatic rings. The van der Waals surface area contributed by atoms with Crippen LogP contribution >= 0.6 is 0 Å². The molecule has 3 nitrogen and oxygen atoms in total. The summed E-state index contributed by atoms with van der Waals surface area (Å²) in [4.78, 5) is 0. The highest BCUT2D eigenvalue weighted by Gasteiger charge is 2.24. The number of hydrogen-bond donors (Lipinski definition) is 1. The predicted molar refractivity (Wildman–Crippen MR) is 67.0 cm³/mol. The third-order valence-electron chi connectivity index (χ3n) is 3.86. The first-order valence-corrected chi connectivity index (χ1v) is 7.93. The first-order valence-electron chi connectivity index (χ1n) is 6.44. The molecule has 2 saturated heterocycles. The fraction of sp³-hybridized carbons (Fsp3) is 1.00. The Morgan fingerprint density at radius 3 is 2.44 bits per heavy atom. The first kappa shape index (κ1) is 12.5. The normalized spacial score (nSPS) is 34.8. The van der Waals surface area contributed by atoms with Crippen LogP contribution in [0.25, 0.3) is 0 Å². The summed E-state index contributed by atoms with van der Waals surface area (Å²) in [5.41, 5.74) is 0. The van der Waals surface area contributed by atoms with Crippen molar-refractivity contribution in [2.75, 3.05) is 24.7 Å². The zero-order valence-corrected chi connectivity index (χ0v) is 10.9. The Hall–Kier alpha value is 0.0700. The molecule has 0 aromatic rings. The highest BCUT2D eigenvalue weighted by Crippen LogP contribution is 2.20. The van der Waals surface area contributed by atoms with Crippen molar-refractivity contribution >= 4 is 10.8 Å². The Bertz CT molecular complexity index is 231. The molecular weight excluding hydrogens is 222 g/mol. The van der Waals surface area contributed by atoms with Crippen molar-refractivity contribution in [3.8, 4) is 0 Å². The Kier molecular flexibility index (Phi) is 4.79. The summed E-state index contributed by atoms with van der Waals surface area (Å²) in [7, 11) is -0.540. The maximum atomic E-state index is 11.3. The Balaban J connectivity index is 1.73. The van der Waals surface area contributed by atoms with Crippen LogP contribution in [0.2, 0.25) is 0 Å². The Morgan fingerprint density at radius 1 is 1.19 bits per heavy atom. The average molecular weight is 245 g/mol. The number of rotatable bonds is 3. The van der Waals surface area contributed by atoms with E-state index in [4.69, 9.17) is 4.74 Å². The fourth-order valence-electron chi connectivity index (χ4n) is 2.68. The van der Waals surface area contributed by atoms with Crippen molar-refractivity contribution in [2.24, 2.45) is 5.92 Å². The lowest BCUT2D eigenvalue weighted by atomic mass is 9.92. The van der Waals surface area contributed by atoms with Crippen LogP contribution in [0.15, 0.2) is 0 Å². The van der Waals surface area contributed by atoms with Crippen LogP contribution in [0.1, 0.15) is 32.6 Å². The van der Waals surface area contributed by atoms with Crippen molar-refractivity contribution in [2.45, 2.75) is 44.7 Å². The van der Waals surface area contributed by atoms with Crippen LogP contribution in [0.3, 0.4) is 0 Å². The molecular formula is C12H23NO2S. The van der Waals surface area contributed by atoms with E-state index < -0.39 is 10.8 Å². The van der Waals surface area contributed by atoms with Gasteiger partial charge in [0, 0.05) is 47.6 Å². The van der Waals surface area contributed by atoms with Crippen molar-refractivity contribution < 1.29 is 8.95 Å². The van der Waals surface area contributed by atoms with Gasteiger partial charge < -0.3 is 10.1 Å². The summed E-state index contributed by atoms with van der Waals surface area (Å²) < 4.78 is 16.6. The molecule has 0 aliphatic carbocycles. The van der Waals surface area contributed by atoms with Gasteiger partial charge in [0.2, 0.25) is 0 Å². The largest absolute Gasteiger partial charge is 0.381 e. The second-order valence-electron chi connectivity index (χ2n) is 5.03. The maximum absolute atomic E-state index is 11.3. The highest BCUT2D eigenvalue weighted by atomic mass is 32.2. The molecule has 2 aliphatic heterocycles. The van der Waals surface area contributed by atoms with Gasteiger partial charge in [-0.15, -0.1) is 0 Å². The first-order chi connectivity index (χ1) is 7.75. The summed E-state index contributed by atoms with van der Waals surface area (Å²) >= 11 is 0. The summed E-state index contributed by atoms with van der Waals surface area (Å²) in [5.74, 6) is 2.54. The predicted octanol–water partition coefficient (Wildman–Crippen LogP) is 1.30. The smallest absolute Gasteiger partial charge is 0.0469 e. The number of nitrogens with one attached hydrogen (secondary N) is 1. The molecule has 1 unspecified atom stereocenters. The summed E-state index contributed by atoms with van der Waals surface area (Å²) in [5, 5.41) is 3.72. The summed E-state index contributed by atoms with van der Waals surface area (Å²) in [6, 6.07) is 1.18. The van der Waals surface area contributed by atoms with Crippen LogP contribution in [0, 0.1) is 5.92 Å². The second kappa shape index (κ2) is 6.12. The van der Waals surface area contributed by atoms with E-state index in [-0.39, 0.29) is 0 Å². The van der Waals surface area contributed by atoms with Crippen LogP contribution in [-0.4, -0.2) is 41.0 Å². The second-order valence-corrected chi connectivity index (χ2v) is 6.72. The van der Waals surface area contributed by atoms with E-state index in [0.717, 1.165) is 43.5 Å². The zero-order valence-electron chi connectivity index (χ0n) is 10.1. The van der Waals surface area contributed by atoms with Crippen LogP contribution in [0.5, 0.6) is 0 Å². The lowest BCUT2D eigenvalue weighted by molar-refractivity contribution is 0.0542. The monoisotopic (exact) mass is 245 g/mol. The van der Waals surface area contributed by atoms with Gasteiger partial charge in [-0.3, -0.25) is 4.21 Å². The van der Waals surface area contributed by atoms with Crippen molar-refractivity contribution in [1.82, 2.24) is 5.32 Å². The van der Waals surface area contributed by atoms with E-state index >= 15 is 0 Å². The fourth-order valence-corrected chi connectivity index (χ4v) is 3.98. The van der Waals surface area contributed by atoms with Gasteiger partial charge >= 0.3 is 0 Å². The van der Waals surface area contributed by atoms with Crippen LogP contribution < -0.4 is 5.32 Å². The molecule has 0 spiro atoms. The minimum absolute atomic E-state index is 0.540. The summed E-state index contributed by atoms with van der Waals surface area (Å²) in [6.07, 6.45) is 4.54. The van der Waals surface area contributed by atoms with E-state index in [0.29, 0.717) is 12.1 Å². The SMILES string of the molecule is CC(NC1CCS(=O)CC1)C1CCOCC1. The van der Waals surface area contributed by atoms with E-state index in [2.05, 4.69) is 12.2 Å².